The van der Waals surface area contributed by atoms with Gasteiger partial charge in [0.15, 0.2) is 0 Å². The Hall–Kier alpha value is -1.27. The number of rotatable bonds is 3. The number of ether oxygens (including phenoxy) is 1. The molecule has 1 aliphatic heterocycles. The van der Waals surface area contributed by atoms with Gasteiger partial charge in [0.25, 0.3) is 0 Å². The summed E-state index contributed by atoms with van der Waals surface area (Å²) in [5.41, 5.74) is 4.89. The molecule has 1 fully saturated rings. The maximum Gasteiger partial charge on any atom is 0.150 e. The number of hydrogen-bond acceptors (Lipinski definition) is 3. The molecular weight excluding hydrogens is 270 g/mol. The van der Waals surface area contributed by atoms with Crippen LogP contribution in [-0.2, 0) is 4.74 Å². The molecule has 0 amide bonds. The summed E-state index contributed by atoms with van der Waals surface area (Å²) in [7, 11) is 0. The molecule has 2 atom stereocenters. The molecule has 1 aromatic rings. The highest BCUT2D eigenvalue weighted by Crippen LogP contribution is 2.32. The van der Waals surface area contributed by atoms with Crippen LogP contribution in [0.4, 0.5) is 14.5 Å². The van der Waals surface area contributed by atoms with E-state index in [1.165, 1.54) is 0 Å². The standard InChI is InChI=1S/C13H16F2N2OS/c1-7-13(2,3-4-18-7)17-11-9(14)5-8(12(16)19)6-10(11)15/h5-7,17H,3-4H2,1-2H3,(H2,16,19). The minimum Gasteiger partial charge on any atom is -0.389 e. The van der Waals surface area contributed by atoms with Gasteiger partial charge in [0.1, 0.15) is 22.3 Å². The first-order valence-corrected chi connectivity index (χ1v) is 6.43. The fourth-order valence-corrected chi connectivity index (χ4v) is 2.24. The number of benzene rings is 1. The van der Waals surface area contributed by atoms with Crippen LogP contribution in [0.15, 0.2) is 12.1 Å². The topological polar surface area (TPSA) is 47.3 Å². The van der Waals surface area contributed by atoms with Gasteiger partial charge >= 0.3 is 0 Å². The van der Waals surface area contributed by atoms with E-state index < -0.39 is 17.2 Å². The van der Waals surface area contributed by atoms with E-state index in [2.05, 4.69) is 5.32 Å². The Kier molecular flexibility index (Phi) is 3.73. The summed E-state index contributed by atoms with van der Waals surface area (Å²) < 4.78 is 33.4. The first kappa shape index (κ1) is 14.1. The molecule has 0 saturated carbocycles. The largest absolute Gasteiger partial charge is 0.389 e. The minimum absolute atomic E-state index is 0.0341. The number of anilines is 1. The lowest BCUT2D eigenvalue weighted by molar-refractivity contribution is 0.105. The summed E-state index contributed by atoms with van der Waals surface area (Å²) in [6.45, 7) is 4.32. The molecular formula is C13H16F2N2OS. The molecule has 1 aromatic carbocycles. The lowest BCUT2D eigenvalue weighted by Crippen LogP contribution is -2.41. The van der Waals surface area contributed by atoms with Crippen LogP contribution in [0.3, 0.4) is 0 Å². The fraction of sp³-hybridized carbons (Fsp3) is 0.462. The van der Waals surface area contributed by atoms with Crippen molar-refractivity contribution in [3.05, 3.63) is 29.3 Å². The van der Waals surface area contributed by atoms with Gasteiger partial charge in [-0.3, -0.25) is 0 Å². The van der Waals surface area contributed by atoms with Crippen molar-refractivity contribution in [2.24, 2.45) is 5.73 Å². The average molecular weight is 286 g/mol. The van der Waals surface area contributed by atoms with E-state index in [4.69, 9.17) is 22.7 Å². The van der Waals surface area contributed by atoms with Crippen LogP contribution < -0.4 is 11.1 Å². The third kappa shape index (κ3) is 2.69. The Morgan fingerprint density at radius 2 is 2.05 bits per heavy atom. The van der Waals surface area contributed by atoms with E-state index >= 15 is 0 Å². The van der Waals surface area contributed by atoms with E-state index in [9.17, 15) is 8.78 Å². The maximum absolute atomic E-state index is 14.0. The molecule has 3 N–H and O–H groups in total. The predicted octanol–water partition coefficient (Wildman–Crippen LogP) is 2.58. The molecule has 1 heterocycles. The minimum atomic E-state index is -0.705. The second-order valence-electron chi connectivity index (χ2n) is 4.98. The van der Waals surface area contributed by atoms with E-state index in [-0.39, 0.29) is 22.3 Å². The third-order valence-corrected chi connectivity index (χ3v) is 3.86. The van der Waals surface area contributed by atoms with Gasteiger partial charge in [-0.15, -0.1) is 0 Å². The van der Waals surface area contributed by atoms with Crippen molar-refractivity contribution in [1.82, 2.24) is 0 Å². The number of thiocarbonyl (C=S) groups is 1. The highest BCUT2D eigenvalue weighted by atomic mass is 32.1. The lowest BCUT2D eigenvalue weighted by Gasteiger charge is -2.30. The number of halogens is 2. The summed E-state index contributed by atoms with van der Waals surface area (Å²) in [5.74, 6) is -1.41. The van der Waals surface area contributed by atoms with Gasteiger partial charge in [-0.05, 0) is 32.4 Å². The SMILES string of the molecule is CC1OCCC1(C)Nc1c(F)cc(C(N)=S)cc1F. The number of nitrogens with two attached hydrogens (primary N) is 1. The lowest BCUT2D eigenvalue weighted by atomic mass is 9.94. The van der Waals surface area contributed by atoms with Crippen molar-refractivity contribution in [2.45, 2.75) is 31.9 Å². The Morgan fingerprint density at radius 1 is 1.47 bits per heavy atom. The van der Waals surface area contributed by atoms with Crippen molar-refractivity contribution in [2.75, 3.05) is 11.9 Å². The smallest absolute Gasteiger partial charge is 0.150 e. The van der Waals surface area contributed by atoms with Gasteiger partial charge in [-0.1, -0.05) is 12.2 Å². The number of nitrogens with one attached hydrogen (secondary N) is 1. The molecule has 0 radical (unpaired) electrons. The second-order valence-corrected chi connectivity index (χ2v) is 5.42. The van der Waals surface area contributed by atoms with Crippen LogP contribution in [0.1, 0.15) is 25.8 Å². The van der Waals surface area contributed by atoms with Gasteiger partial charge in [0, 0.05) is 12.2 Å². The van der Waals surface area contributed by atoms with Gasteiger partial charge < -0.3 is 15.8 Å². The predicted molar refractivity (Wildman–Crippen MR) is 74.3 cm³/mol. The Bertz CT molecular complexity index is 500. The second kappa shape index (κ2) is 5.02. The highest BCUT2D eigenvalue weighted by Gasteiger charge is 2.38. The van der Waals surface area contributed by atoms with Crippen molar-refractivity contribution in [3.8, 4) is 0 Å². The Labute approximate surface area is 116 Å². The summed E-state index contributed by atoms with van der Waals surface area (Å²) in [5, 5.41) is 2.91. The first-order valence-electron chi connectivity index (χ1n) is 6.02. The van der Waals surface area contributed by atoms with E-state index in [0.29, 0.717) is 13.0 Å². The molecule has 3 nitrogen and oxygen atoms in total. The van der Waals surface area contributed by atoms with Crippen molar-refractivity contribution >= 4 is 22.9 Å². The molecule has 6 heteroatoms. The van der Waals surface area contributed by atoms with Crippen molar-refractivity contribution in [1.29, 1.82) is 0 Å². The van der Waals surface area contributed by atoms with Crippen LogP contribution in [0.25, 0.3) is 0 Å². The summed E-state index contributed by atoms with van der Waals surface area (Å²) in [6.07, 6.45) is 0.561. The van der Waals surface area contributed by atoms with Crippen LogP contribution in [0.2, 0.25) is 0 Å². The molecule has 1 saturated heterocycles. The zero-order valence-corrected chi connectivity index (χ0v) is 11.6. The van der Waals surface area contributed by atoms with Gasteiger partial charge in [0.05, 0.1) is 11.6 Å². The molecule has 0 spiro atoms. The zero-order valence-electron chi connectivity index (χ0n) is 10.8. The monoisotopic (exact) mass is 286 g/mol. The summed E-state index contributed by atoms with van der Waals surface area (Å²) >= 11 is 4.71. The molecule has 104 valence electrons. The third-order valence-electron chi connectivity index (χ3n) is 3.62. The summed E-state index contributed by atoms with van der Waals surface area (Å²) in [4.78, 5) is -0.0341. The molecule has 0 aliphatic carbocycles. The molecule has 19 heavy (non-hydrogen) atoms. The van der Waals surface area contributed by atoms with Crippen LogP contribution in [-0.4, -0.2) is 23.2 Å². The number of hydrogen-bond donors (Lipinski definition) is 2. The quantitative estimate of drug-likeness (QED) is 0.838. The zero-order chi connectivity index (χ0) is 14.2. The van der Waals surface area contributed by atoms with Gasteiger partial charge in [-0.2, -0.15) is 0 Å². The van der Waals surface area contributed by atoms with Crippen LogP contribution >= 0.6 is 12.2 Å². The van der Waals surface area contributed by atoms with E-state index in [0.717, 1.165) is 12.1 Å². The molecule has 0 bridgehead atoms. The Balaban J connectivity index is 2.33. The van der Waals surface area contributed by atoms with Gasteiger partial charge in [0.2, 0.25) is 0 Å². The maximum atomic E-state index is 14.0. The summed E-state index contributed by atoms with van der Waals surface area (Å²) in [6, 6.07) is 2.27. The van der Waals surface area contributed by atoms with Crippen molar-refractivity contribution < 1.29 is 13.5 Å². The molecule has 2 rings (SSSR count). The van der Waals surface area contributed by atoms with E-state index in [1.807, 2.05) is 13.8 Å². The van der Waals surface area contributed by atoms with Gasteiger partial charge in [-0.25, -0.2) is 8.78 Å². The van der Waals surface area contributed by atoms with Crippen LogP contribution in [0, 0.1) is 11.6 Å². The molecule has 0 aromatic heterocycles. The molecule has 1 aliphatic rings. The van der Waals surface area contributed by atoms with E-state index in [1.54, 1.807) is 0 Å². The average Bonchev–Trinajstić information content (AvgIpc) is 2.64. The Morgan fingerprint density at radius 3 is 2.47 bits per heavy atom. The molecule has 2 unspecified atom stereocenters. The normalized spacial score (nSPS) is 26.4. The fourth-order valence-electron chi connectivity index (χ4n) is 2.12. The highest BCUT2D eigenvalue weighted by molar-refractivity contribution is 7.80. The van der Waals surface area contributed by atoms with Crippen molar-refractivity contribution in [3.63, 3.8) is 0 Å². The van der Waals surface area contributed by atoms with Crippen LogP contribution in [0.5, 0.6) is 0 Å². The first-order chi connectivity index (χ1) is 8.83.